The van der Waals surface area contributed by atoms with Gasteiger partial charge >= 0.3 is 5.97 Å². The molecule has 4 nitrogen and oxygen atoms in total. The van der Waals surface area contributed by atoms with Crippen LogP contribution in [-0.2, 0) is 4.79 Å². The van der Waals surface area contributed by atoms with Crippen LogP contribution in [0.1, 0.15) is 28.6 Å². The first-order valence-corrected chi connectivity index (χ1v) is 7.07. The van der Waals surface area contributed by atoms with E-state index in [9.17, 15) is 14.7 Å². The van der Waals surface area contributed by atoms with Crippen molar-refractivity contribution in [3.05, 3.63) is 40.8 Å². The van der Waals surface area contributed by atoms with Gasteiger partial charge in [0.25, 0.3) is 0 Å². The Morgan fingerprint density at radius 2 is 1.90 bits per heavy atom. The van der Waals surface area contributed by atoms with Gasteiger partial charge in [-0.05, 0) is 18.6 Å². The molecule has 1 aromatic heterocycles. The zero-order valence-electron chi connectivity index (χ0n) is 11.3. The van der Waals surface area contributed by atoms with Gasteiger partial charge in [0.1, 0.15) is 4.88 Å². The van der Waals surface area contributed by atoms with Crippen molar-refractivity contribution in [1.82, 2.24) is 0 Å². The minimum absolute atomic E-state index is 0.155. The Morgan fingerprint density at radius 1 is 1.25 bits per heavy atom. The number of anilines is 1. The van der Waals surface area contributed by atoms with Crippen LogP contribution in [-0.4, -0.2) is 17.0 Å². The van der Waals surface area contributed by atoms with E-state index in [1.54, 1.807) is 13.0 Å². The minimum Gasteiger partial charge on any atom is -0.477 e. The molecule has 1 amide bonds. The largest absolute Gasteiger partial charge is 0.477 e. The van der Waals surface area contributed by atoms with E-state index in [0.29, 0.717) is 12.1 Å². The number of rotatable bonds is 4. The van der Waals surface area contributed by atoms with Crippen molar-refractivity contribution in [1.29, 1.82) is 0 Å². The van der Waals surface area contributed by atoms with Gasteiger partial charge in [-0.25, -0.2) is 4.79 Å². The highest BCUT2D eigenvalue weighted by molar-refractivity contribution is 7.18. The fourth-order valence-corrected chi connectivity index (χ4v) is 2.70. The molecular formula is C15H15NO3S. The topological polar surface area (TPSA) is 66.4 Å². The van der Waals surface area contributed by atoms with Gasteiger partial charge in [-0.2, -0.15) is 0 Å². The van der Waals surface area contributed by atoms with Gasteiger partial charge in [0.2, 0.25) is 5.91 Å². The zero-order chi connectivity index (χ0) is 14.7. The molecule has 2 aromatic rings. The average Bonchev–Trinajstić information content (AvgIpc) is 2.83. The second-order valence-corrected chi connectivity index (χ2v) is 5.48. The van der Waals surface area contributed by atoms with E-state index in [-0.39, 0.29) is 10.8 Å². The van der Waals surface area contributed by atoms with Crippen molar-refractivity contribution in [3.8, 4) is 10.4 Å². The van der Waals surface area contributed by atoms with Crippen LogP contribution < -0.4 is 5.32 Å². The molecule has 1 aromatic carbocycles. The third-order valence-electron chi connectivity index (χ3n) is 2.86. The summed E-state index contributed by atoms with van der Waals surface area (Å²) in [4.78, 5) is 23.7. The number of aromatic carboxylic acids is 1. The molecule has 0 aliphatic rings. The van der Waals surface area contributed by atoms with Crippen LogP contribution in [0.5, 0.6) is 0 Å². The van der Waals surface area contributed by atoms with Gasteiger partial charge in [-0.15, -0.1) is 11.3 Å². The van der Waals surface area contributed by atoms with Crippen molar-refractivity contribution in [3.63, 3.8) is 0 Å². The average molecular weight is 289 g/mol. The fraction of sp³-hybridized carbons (Fsp3) is 0.200. The molecule has 0 unspecified atom stereocenters. The Bertz CT molecular complexity index is 644. The zero-order valence-corrected chi connectivity index (χ0v) is 12.1. The van der Waals surface area contributed by atoms with Gasteiger partial charge in [-0.1, -0.05) is 36.8 Å². The van der Waals surface area contributed by atoms with E-state index >= 15 is 0 Å². The van der Waals surface area contributed by atoms with Gasteiger partial charge in [-0.3, -0.25) is 4.79 Å². The molecule has 0 radical (unpaired) electrons. The minimum atomic E-state index is -1.03. The lowest BCUT2D eigenvalue weighted by Gasteiger charge is -2.01. The van der Waals surface area contributed by atoms with Crippen LogP contribution >= 0.6 is 11.3 Å². The Hall–Kier alpha value is -2.14. The number of nitrogens with one attached hydrogen (secondary N) is 1. The van der Waals surface area contributed by atoms with Crippen molar-refractivity contribution in [2.45, 2.75) is 20.3 Å². The molecule has 0 saturated heterocycles. The molecule has 0 saturated carbocycles. The molecular weight excluding hydrogens is 274 g/mol. The highest BCUT2D eigenvalue weighted by Crippen LogP contribution is 2.35. The predicted molar refractivity (Wildman–Crippen MR) is 80.4 cm³/mol. The van der Waals surface area contributed by atoms with Gasteiger partial charge in [0.05, 0.1) is 5.69 Å². The number of aryl methyl sites for hydroxylation is 1. The molecule has 0 atom stereocenters. The maximum absolute atomic E-state index is 11.4. The molecule has 20 heavy (non-hydrogen) atoms. The summed E-state index contributed by atoms with van der Waals surface area (Å²) in [5, 5.41) is 11.8. The summed E-state index contributed by atoms with van der Waals surface area (Å²) >= 11 is 1.16. The Kier molecular flexibility index (Phi) is 4.20. The molecule has 1 heterocycles. The second kappa shape index (κ2) is 5.88. The Balaban J connectivity index is 2.40. The highest BCUT2D eigenvalue weighted by atomic mass is 32.1. The maximum atomic E-state index is 11.4. The van der Waals surface area contributed by atoms with E-state index in [0.717, 1.165) is 27.3 Å². The first-order chi connectivity index (χ1) is 9.51. The standard InChI is InChI=1S/C15H15NO3S/c1-3-13(17)16-11-8-12(20-14(11)15(18)19)10-6-4-9(2)5-7-10/h4-8H,3H2,1-2H3,(H,16,17)(H,18,19). The van der Waals surface area contributed by atoms with Crippen LogP contribution in [0.4, 0.5) is 5.69 Å². The number of hydrogen-bond donors (Lipinski definition) is 2. The van der Waals surface area contributed by atoms with Gasteiger partial charge in [0, 0.05) is 11.3 Å². The lowest BCUT2D eigenvalue weighted by Crippen LogP contribution is -2.11. The van der Waals surface area contributed by atoms with Crippen LogP contribution in [0.2, 0.25) is 0 Å². The molecule has 104 valence electrons. The third kappa shape index (κ3) is 3.05. The van der Waals surface area contributed by atoms with Crippen molar-refractivity contribution >= 4 is 28.9 Å². The molecule has 0 spiro atoms. The van der Waals surface area contributed by atoms with E-state index in [4.69, 9.17) is 0 Å². The summed E-state index contributed by atoms with van der Waals surface area (Å²) < 4.78 is 0. The lowest BCUT2D eigenvalue weighted by atomic mass is 10.1. The summed E-state index contributed by atoms with van der Waals surface area (Å²) in [5.41, 5.74) is 2.45. The number of amides is 1. The predicted octanol–water partition coefficient (Wildman–Crippen LogP) is 3.77. The number of carbonyl (C=O) groups is 2. The normalized spacial score (nSPS) is 10.3. The number of benzene rings is 1. The Morgan fingerprint density at radius 3 is 2.45 bits per heavy atom. The van der Waals surface area contributed by atoms with Crippen molar-refractivity contribution in [2.24, 2.45) is 0 Å². The smallest absolute Gasteiger partial charge is 0.348 e. The monoisotopic (exact) mass is 289 g/mol. The van der Waals surface area contributed by atoms with E-state index < -0.39 is 5.97 Å². The summed E-state index contributed by atoms with van der Waals surface area (Å²) in [5.74, 6) is -1.22. The number of carboxylic acid groups (broad SMARTS) is 1. The van der Waals surface area contributed by atoms with E-state index in [1.165, 1.54) is 0 Å². The van der Waals surface area contributed by atoms with Crippen molar-refractivity contribution < 1.29 is 14.7 Å². The number of thiophene rings is 1. The van der Waals surface area contributed by atoms with E-state index in [2.05, 4.69) is 5.32 Å². The maximum Gasteiger partial charge on any atom is 0.348 e. The van der Waals surface area contributed by atoms with Gasteiger partial charge in [0.15, 0.2) is 0 Å². The van der Waals surface area contributed by atoms with Crippen LogP contribution in [0, 0.1) is 6.92 Å². The first kappa shape index (κ1) is 14.3. The van der Waals surface area contributed by atoms with Crippen LogP contribution in [0.15, 0.2) is 30.3 Å². The fourth-order valence-electron chi connectivity index (χ4n) is 1.74. The SMILES string of the molecule is CCC(=O)Nc1cc(-c2ccc(C)cc2)sc1C(=O)O. The summed E-state index contributed by atoms with van der Waals surface area (Å²) in [6.45, 7) is 3.72. The molecule has 2 N–H and O–H groups in total. The highest BCUT2D eigenvalue weighted by Gasteiger charge is 2.17. The summed E-state index contributed by atoms with van der Waals surface area (Å²) in [6, 6.07) is 9.54. The lowest BCUT2D eigenvalue weighted by molar-refractivity contribution is -0.115. The molecule has 0 aliphatic carbocycles. The Labute approximate surface area is 121 Å². The molecule has 0 aliphatic heterocycles. The number of carboxylic acids is 1. The van der Waals surface area contributed by atoms with Crippen LogP contribution in [0.25, 0.3) is 10.4 Å². The van der Waals surface area contributed by atoms with E-state index in [1.807, 2.05) is 31.2 Å². The second-order valence-electron chi connectivity index (χ2n) is 4.43. The molecule has 0 fully saturated rings. The molecule has 5 heteroatoms. The van der Waals surface area contributed by atoms with Crippen LogP contribution in [0.3, 0.4) is 0 Å². The number of hydrogen-bond acceptors (Lipinski definition) is 3. The molecule has 2 rings (SSSR count). The van der Waals surface area contributed by atoms with Gasteiger partial charge < -0.3 is 10.4 Å². The quantitative estimate of drug-likeness (QED) is 0.900. The first-order valence-electron chi connectivity index (χ1n) is 6.25. The third-order valence-corrected chi connectivity index (χ3v) is 4.03. The summed E-state index contributed by atoms with van der Waals surface area (Å²) in [6.07, 6.45) is 0.314. The van der Waals surface area contributed by atoms with Crippen molar-refractivity contribution in [2.75, 3.05) is 5.32 Å². The molecule has 0 bridgehead atoms. The number of carbonyl (C=O) groups excluding carboxylic acids is 1. The summed E-state index contributed by atoms with van der Waals surface area (Å²) in [7, 11) is 0.